The van der Waals surface area contributed by atoms with Crippen molar-refractivity contribution >= 4 is 5.91 Å². The number of carbonyl (C=O) groups is 1. The molecule has 0 unspecified atom stereocenters. The van der Waals surface area contributed by atoms with Crippen molar-refractivity contribution in [2.24, 2.45) is 0 Å². The molecule has 6 heteroatoms. The summed E-state index contributed by atoms with van der Waals surface area (Å²) in [5.74, 6) is -0.266. The summed E-state index contributed by atoms with van der Waals surface area (Å²) in [5, 5.41) is 9.92. The second-order valence-corrected chi connectivity index (χ2v) is 6.67. The van der Waals surface area contributed by atoms with Gasteiger partial charge in [0.2, 0.25) is 5.91 Å². The Bertz CT molecular complexity index is 724. The summed E-state index contributed by atoms with van der Waals surface area (Å²) in [4.78, 5) is 18.4. The van der Waals surface area contributed by atoms with Gasteiger partial charge in [-0.15, -0.1) is 0 Å². The highest BCUT2D eigenvalue weighted by molar-refractivity contribution is 5.76. The lowest BCUT2D eigenvalue weighted by Gasteiger charge is -2.42. The number of pyridine rings is 1. The van der Waals surface area contributed by atoms with Crippen LogP contribution in [0.15, 0.2) is 48.8 Å². The Labute approximate surface area is 152 Å². The van der Waals surface area contributed by atoms with Crippen molar-refractivity contribution < 1.29 is 19.0 Å². The van der Waals surface area contributed by atoms with Crippen molar-refractivity contribution in [2.75, 3.05) is 26.3 Å². The minimum atomic E-state index is -0.847. The monoisotopic (exact) mass is 358 g/mol. The Balaban J connectivity index is 1.62. The van der Waals surface area contributed by atoms with Gasteiger partial charge in [-0.2, -0.15) is 0 Å². The standard InChI is InChI=1S/C20H23FN2O3/c21-18-6-3-16(4-7-18)12-20(15-24)14-23(10-11-26-20)19(25)8-5-17-2-1-9-22-13-17/h1-4,6-7,9,13,24H,5,8,10-12,14-15H2/t20-/m1/s1. The zero-order chi connectivity index (χ0) is 18.4. The van der Waals surface area contributed by atoms with Crippen LogP contribution in [0.3, 0.4) is 0 Å². The van der Waals surface area contributed by atoms with E-state index in [1.54, 1.807) is 29.4 Å². The zero-order valence-electron chi connectivity index (χ0n) is 14.6. The van der Waals surface area contributed by atoms with Crippen LogP contribution in [-0.2, 0) is 22.4 Å². The van der Waals surface area contributed by atoms with E-state index in [9.17, 15) is 14.3 Å². The third kappa shape index (κ3) is 4.65. The maximum absolute atomic E-state index is 13.1. The van der Waals surface area contributed by atoms with Gasteiger partial charge in [0, 0.05) is 31.8 Å². The summed E-state index contributed by atoms with van der Waals surface area (Å²) in [6.07, 6.45) is 4.92. The fraction of sp³-hybridized carbons (Fsp3) is 0.400. The summed E-state index contributed by atoms with van der Waals surface area (Å²) in [6, 6.07) is 9.94. The molecule has 1 amide bonds. The van der Waals surface area contributed by atoms with Gasteiger partial charge in [-0.1, -0.05) is 18.2 Å². The van der Waals surface area contributed by atoms with Gasteiger partial charge in [0.1, 0.15) is 11.4 Å². The van der Waals surface area contributed by atoms with Gasteiger partial charge in [-0.05, 0) is 35.7 Å². The molecule has 0 aliphatic carbocycles. The first-order valence-corrected chi connectivity index (χ1v) is 8.76. The largest absolute Gasteiger partial charge is 0.393 e. The number of carbonyl (C=O) groups excluding carboxylic acids is 1. The van der Waals surface area contributed by atoms with Crippen LogP contribution in [-0.4, -0.2) is 52.8 Å². The summed E-state index contributed by atoms with van der Waals surface area (Å²) in [7, 11) is 0. The fourth-order valence-electron chi connectivity index (χ4n) is 3.25. The average Bonchev–Trinajstić information content (AvgIpc) is 2.69. The second kappa shape index (κ2) is 8.38. The lowest BCUT2D eigenvalue weighted by molar-refractivity contribution is -0.157. The van der Waals surface area contributed by atoms with E-state index in [1.165, 1.54) is 12.1 Å². The van der Waals surface area contributed by atoms with Crippen molar-refractivity contribution in [3.05, 3.63) is 65.7 Å². The van der Waals surface area contributed by atoms with E-state index in [4.69, 9.17) is 4.74 Å². The number of benzene rings is 1. The first-order valence-electron chi connectivity index (χ1n) is 8.76. The molecule has 1 aliphatic heterocycles. The van der Waals surface area contributed by atoms with Gasteiger partial charge < -0.3 is 14.7 Å². The molecule has 1 aliphatic rings. The van der Waals surface area contributed by atoms with Crippen LogP contribution in [0, 0.1) is 5.82 Å². The smallest absolute Gasteiger partial charge is 0.223 e. The van der Waals surface area contributed by atoms with Gasteiger partial charge in [-0.25, -0.2) is 4.39 Å². The highest BCUT2D eigenvalue weighted by Gasteiger charge is 2.38. The molecular weight excluding hydrogens is 335 g/mol. The molecule has 26 heavy (non-hydrogen) atoms. The van der Waals surface area contributed by atoms with E-state index in [0.29, 0.717) is 39.0 Å². The van der Waals surface area contributed by atoms with Crippen LogP contribution in [0.25, 0.3) is 0 Å². The molecule has 1 fully saturated rings. The van der Waals surface area contributed by atoms with Crippen LogP contribution >= 0.6 is 0 Å². The van der Waals surface area contributed by atoms with Crippen LogP contribution in [0.5, 0.6) is 0 Å². The number of ether oxygens (including phenoxy) is 1. The number of morpholine rings is 1. The molecule has 1 atom stereocenters. The number of hydrogen-bond donors (Lipinski definition) is 1. The minimum Gasteiger partial charge on any atom is -0.393 e. The molecule has 138 valence electrons. The van der Waals surface area contributed by atoms with Gasteiger partial charge in [0.25, 0.3) is 0 Å². The predicted molar refractivity (Wildman–Crippen MR) is 95.0 cm³/mol. The van der Waals surface area contributed by atoms with Crippen LogP contribution in [0.2, 0.25) is 0 Å². The fourth-order valence-corrected chi connectivity index (χ4v) is 3.25. The van der Waals surface area contributed by atoms with Crippen LogP contribution in [0.4, 0.5) is 4.39 Å². The van der Waals surface area contributed by atoms with Crippen molar-refractivity contribution in [3.63, 3.8) is 0 Å². The minimum absolute atomic E-state index is 0.0362. The Morgan fingerprint density at radius 1 is 1.27 bits per heavy atom. The van der Waals surface area contributed by atoms with Crippen molar-refractivity contribution in [3.8, 4) is 0 Å². The molecule has 1 saturated heterocycles. The van der Waals surface area contributed by atoms with Crippen molar-refractivity contribution in [2.45, 2.75) is 24.9 Å². The number of aliphatic hydroxyl groups excluding tert-OH is 1. The summed E-state index contributed by atoms with van der Waals surface area (Å²) < 4.78 is 18.9. The van der Waals surface area contributed by atoms with Gasteiger partial charge in [-0.3, -0.25) is 9.78 Å². The van der Waals surface area contributed by atoms with Crippen molar-refractivity contribution in [1.29, 1.82) is 0 Å². The molecule has 0 radical (unpaired) electrons. The Morgan fingerprint density at radius 2 is 2.08 bits per heavy atom. The lowest BCUT2D eigenvalue weighted by atomic mass is 9.93. The third-order valence-electron chi connectivity index (χ3n) is 4.68. The molecule has 0 bridgehead atoms. The average molecular weight is 358 g/mol. The molecule has 2 heterocycles. The molecule has 2 aromatic rings. The first-order chi connectivity index (χ1) is 12.6. The summed E-state index contributed by atoms with van der Waals surface area (Å²) in [5.41, 5.74) is 1.04. The molecule has 1 aromatic heterocycles. The topological polar surface area (TPSA) is 62.7 Å². The number of amides is 1. The number of nitrogens with zero attached hydrogens (tertiary/aromatic N) is 2. The van der Waals surface area contributed by atoms with Gasteiger partial charge >= 0.3 is 0 Å². The lowest BCUT2D eigenvalue weighted by Crippen LogP contribution is -2.56. The summed E-state index contributed by atoms with van der Waals surface area (Å²) >= 11 is 0. The molecular formula is C20H23FN2O3. The zero-order valence-corrected chi connectivity index (χ0v) is 14.6. The highest BCUT2D eigenvalue weighted by Crippen LogP contribution is 2.24. The predicted octanol–water partition coefficient (Wildman–Crippen LogP) is 1.99. The Morgan fingerprint density at radius 3 is 2.77 bits per heavy atom. The molecule has 0 spiro atoms. The van der Waals surface area contributed by atoms with Crippen LogP contribution < -0.4 is 0 Å². The molecule has 1 N–H and O–H groups in total. The second-order valence-electron chi connectivity index (χ2n) is 6.67. The molecule has 1 aromatic carbocycles. The number of aryl methyl sites for hydroxylation is 1. The third-order valence-corrected chi connectivity index (χ3v) is 4.68. The number of halogens is 1. The van der Waals surface area contributed by atoms with Crippen LogP contribution in [0.1, 0.15) is 17.5 Å². The first kappa shape index (κ1) is 18.5. The summed E-state index contributed by atoms with van der Waals surface area (Å²) in [6.45, 7) is 1.01. The Hall–Kier alpha value is -2.31. The maximum Gasteiger partial charge on any atom is 0.223 e. The molecule has 5 nitrogen and oxygen atoms in total. The number of aliphatic hydroxyl groups is 1. The van der Waals surface area contributed by atoms with E-state index in [2.05, 4.69) is 4.98 Å². The maximum atomic E-state index is 13.1. The molecule has 3 rings (SSSR count). The van der Waals surface area contributed by atoms with E-state index in [1.807, 2.05) is 12.1 Å². The Kier molecular flexibility index (Phi) is 5.96. The quantitative estimate of drug-likeness (QED) is 0.858. The van der Waals surface area contributed by atoms with E-state index < -0.39 is 5.60 Å². The number of hydrogen-bond acceptors (Lipinski definition) is 4. The van der Waals surface area contributed by atoms with Gasteiger partial charge in [0.05, 0.1) is 19.8 Å². The van der Waals surface area contributed by atoms with E-state index in [-0.39, 0.29) is 18.3 Å². The number of rotatable bonds is 6. The number of aromatic nitrogens is 1. The van der Waals surface area contributed by atoms with Crippen molar-refractivity contribution in [1.82, 2.24) is 9.88 Å². The van der Waals surface area contributed by atoms with Gasteiger partial charge in [0.15, 0.2) is 0 Å². The van der Waals surface area contributed by atoms with E-state index in [0.717, 1.165) is 11.1 Å². The normalized spacial score (nSPS) is 20.2. The molecule has 0 saturated carbocycles. The highest BCUT2D eigenvalue weighted by atomic mass is 19.1. The SMILES string of the molecule is O=C(CCc1cccnc1)N1CCO[C@](CO)(Cc2ccc(F)cc2)C1. The van der Waals surface area contributed by atoms with E-state index >= 15 is 0 Å².